The Morgan fingerprint density at radius 1 is 0.579 bits per heavy atom. The molecule has 2 heterocycles. The van der Waals surface area contributed by atoms with Crippen LogP contribution in [-0.2, 0) is 43.4 Å². The summed E-state index contributed by atoms with van der Waals surface area (Å²) in [5.41, 5.74) is 13.3. The summed E-state index contributed by atoms with van der Waals surface area (Å²) in [6.45, 7) is 3.89. The van der Waals surface area contributed by atoms with Gasteiger partial charge in [0.1, 0.15) is 11.1 Å². The van der Waals surface area contributed by atoms with Gasteiger partial charge in [-0.1, -0.05) is 12.1 Å². The average molecular weight is 1100 g/mol. The number of carbonyl (C=O) groups excluding carboxylic acids is 2. The van der Waals surface area contributed by atoms with E-state index in [1.54, 1.807) is 0 Å². The van der Waals surface area contributed by atoms with Gasteiger partial charge in [0.15, 0.2) is 5.96 Å². The van der Waals surface area contributed by atoms with Gasteiger partial charge in [-0.25, -0.2) is 8.42 Å². The highest BCUT2D eigenvalue weighted by Crippen LogP contribution is 2.33. The van der Waals surface area contributed by atoms with Gasteiger partial charge in [-0.05, 0) is 124 Å². The lowest BCUT2D eigenvalue weighted by Gasteiger charge is -2.18. The van der Waals surface area contributed by atoms with Crippen molar-refractivity contribution in [2.24, 2.45) is 10.7 Å². The maximum Gasteiger partial charge on any atom is 0.416 e. The number of aliphatic imine (C=N–C) groups is 1. The molecule has 25 heteroatoms. The maximum atomic E-state index is 13.7. The second-order valence-electron chi connectivity index (χ2n) is 16.7. The first-order chi connectivity index (χ1) is 36.1. The van der Waals surface area contributed by atoms with Crippen molar-refractivity contribution in [2.75, 3.05) is 64.1 Å². The maximum absolute atomic E-state index is 13.7. The minimum Gasteiger partial charge on any atom is -0.399 e. The van der Waals surface area contributed by atoms with E-state index in [2.05, 4.69) is 20.9 Å². The predicted molar refractivity (Wildman–Crippen MR) is 275 cm³/mol. The number of nitrogens with zero attached hydrogens (tertiary/aromatic N) is 3. The summed E-state index contributed by atoms with van der Waals surface area (Å²) in [5.74, 6) is -1.57. The van der Waals surface area contributed by atoms with Crippen LogP contribution in [0.2, 0.25) is 0 Å². The summed E-state index contributed by atoms with van der Waals surface area (Å²) < 4.78 is 122. The number of nitrogens with two attached hydrogens (primary N) is 3. The minimum atomic E-state index is -4.72. The Morgan fingerprint density at radius 2 is 0.987 bits per heavy atom. The highest BCUT2D eigenvalue weighted by Gasteiger charge is 2.33. The van der Waals surface area contributed by atoms with Gasteiger partial charge in [0.05, 0.1) is 55.7 Å². The van der Waals surface area contributed by atoms with Crippen LogP contribution < -0.4 is 44.3 Å². The zero-order chi connectivity index (χ0) is 55.3. The van der Waals surface area contributed by atoms with E-state index in [0.717, 1.165) is 57.7 Å². The fourth-order valence-electron chi connectivity index (χ4n) is 7.44. The molecule has 0 saturated carbocycles. The van der Waals surface area contributed by atoms with E-state index in [-0.39, 0.29) is 94.4 Å². The van der Waals surface area contributed by atoms with Gasteiger partial charge in [0, 0.05) is 83.3 Å². The highest BCUT2D eigenvalue weighted by atomic mass is 32.2. The molecule has 6 rings (SSSR count). The molecule has 6 aromatic rings. The largest absolute Gasteiger partial charge is 0.416 e. The molecular weight excluding hydrogens is 1040 g/mol. The van der Waals surface area contributed by atoms with Crippen LogP contribution in [0.25, 0.3) is 11.4 Å². The molecule has 2 unspecified atom stereocenters. The van der Waals surface area contributed by atoms with Crippen molar-refractivity contribution in [1.82, 2.24) is 25.1 Å². The second-order valence-corrected chi connectivity index (χ2v) is 19.6. The molecule has 0 fully saturated rings. The molecule has 404 valence electrons. The van der Waals surface area contributed by atoms with Crippen LogP contribution in [0.3, 0.4) is 0 Å². The Hall–Kier alpha value is -7.61. The molecule has 0 spiro atoms. The third-order valence-corrected chi connectivity index (χ3v) is 14.3. The average Bonchev–Trinajstić information content (AvgIpc) is 3.38. The number of anilines is 2. The quantitative estimate of drug-likeness (QED) is 0.0150. The van der Waals surface area contributed by atoms with Crippen molar-refractivity contribution in [3.05, 3.63) is 164 Å². The van der Waals surface area contributed by atoms with Crippen LogP contribution in [0, 0.1) is 13.8 Å². The number of ether oxygens (including phenoxy) is 2. The van der Waals surface area contributed by atoms with E-state index < -0.39 is 79.1 Å². The van der Waals surface area contributed by atoms with Crippen molar-refractivity contribution in [2.45, 2.75) is 58.6 Å². The normalized spacial score (nSPS) is 12.8. The van der Waals surface area contributed by atoms with E-state index in [9.17, 15) is 53.9 Å². The molecule has 0 aliphatic rings. The molecule has 2 aromatic heterocycles. The lowest BCUT2D eigenvalue weighted by molar-refractivity contribution is -0.138. The summed E-state index contributed by atoms with van der Waals surface area (Å²) >= 11 is 0. The number of alkyl halides is 6. The third-order valence-electron chi connectivity index (χ3n) is 11.3. The summed E-state index contributed by atoms with van der Waals surface area (Å²) in [6.07, 6.45) is -8.53. The Balaban J connectivity index is 0.935. The molecule has 9 N–H and O–H groups in total. The number of benzene rings is 4. The summed E-state index contributed by atoms with van der Waals surface area (Å²) in [5, 5.41) is 8.07. The lowest BCUT2D eigenvalue weighted by Crippen LogP contribution is -2.36. The van der Waals surface area contributed by atoms with Crippen LogP contribution in [0.4, 0.5) is 37.7 Å². The molecule has 4 aromatic carbocycles. The molecule has 2 atom stereocenters. The van der Waals surface area contributed by atoms with Crippen molar-refractivity contribution in [1.29, 1.82) is 0 Å². The zero-order valence-corrected chi connectivity index (χ0v) is 42.5. The number of guanidine groups is 1. The number of hydrogen-bond donors (Lipinski definition) is 6. The first-order valence-corrected chi connectivity index (χ1v) is 25.6. The van der Waals surface area contributed by atoms with E-state index >= 15 is 0 Å². The Labute approximate surface area is 436 Å². The molecule has 2 amide bonds. The number of aromatic nitrogens is 2. The summed E-state index contributed by atoms with van der Waals surface area (Å²) in [4.78, 5) is 59.1. The van der Waals surface area contributed by atoms with Crippen molar-refractivity contribution in [3.8, 4) is 11.4 Å². The second kappa shape index (κ2) is 25.8. The first kappa shape index (κ1) is 57.7. The number of pyridine rings is 2. The van der Waals surface area contributed by atoms with Crippen molar-refractivity contribution in [3.63, 3.8) is 0 Å². The number of nitrogen functional groups attached to an aromatic ring is 2. The van der Waals surface area contributed by atoms with Gasteiger partial charge in [-0.15, -0.1) is 0 Å². The molecule has 0 aliphatic carbocycles. The predicted octanol–water partition coefficient (Wildman–Crippen LogP) is 6.02. The van der Waals surface area contributed by atoms with E-state index in [1.807, 2.05) is 0 Å². The highest BCUT2D eigenvalue weighted by molar-refractivity contribution is 7.85. The van der Waals surface area contributed by atoms with E-state index in [0.29, 0.717) is 30.8 Å². The monoisotopic (exact) mass is 1100 g/mol. The zero-order valence-electron chi connectivity index (χ0n) is 40.9. The number of carbonyl (C=O) groups is 2. The van der Waals surface area contributed by atoms with Crippen LogP contribution in [0.5, 0.6) is 0 Å². The third kappa shape index (κ3) is 14.8. The van der Waals surface area contributed by atoms with Crippen LogP contribution in [0.1, 0.15) is 56.1 Å². The fraction of sp³-hybridized carbons (Fsp3) is 0.275. The molecule has 17 nitrogen and oxygen atoms in total. The van der Waals surface area contributed by atoms with Gasteiger partial charge in [0.2, 0.25) is 0 Å². The molecule has 76 heavy (non-hydrogen) atoms. The van der Waals surface area contributed by atoms with Crippen LogP contribution in [-0.4, -0.2) is 87.9 Å². The van der Waals surface area contributed by atoms with E-state index in [4.69, 9.17) is 26.7 Å². The topological polar surface area (TPSA) is 257 Å². The number of nitrogens with one attached hydrogen (secondary N) is 3. The fourth-order valence-corrected chi connectivity index (χ4v) is 9.89. The number of hydrogen-bond acceptors (Lipinski definition) is 11. The smallest absolute Gasteiger partial charge is 0.399 e. The molecule has 0 bridgehead atoms. The van der Waals surface area contributed by atoms with Crippen molar-refractivity contribution < 1.29 is 53.8 Å². The first-order valence-electron chi connectivity index (χ1n) is 23.3. The van der Waals surface area contributed by atoms with Crippen LogP contribution >= 0.6 is 0 Å². The Morgan fingerprint density at radius 3 is 1.39 bits per heavy atom. The molecule has 0 aliphatic heterocycles. The van der Waals surface area contributed by atoms with Gasteiger partial charge >= 0.3 is 12.4 Å². The van der Waals surface area contributed by atoms with Crippen LogP contribution in [0.15, 0.2) is 143 Å². The Bertz CT molecular complexity index is 3260. The molecular formula is C51H53F6N9O8S2. The minimum absolute atomic E-state index is 0.0218. The van der Waals surface area contributed by atoms with Gasteiger partial charge < -0.3 is 42.6 Å². The van der Waals surface area contributed by atoms with Gasteiger partial charge in [-0.3, -0.25) is 33.3 Å². The summed E-state index contributed by atoms with van der Waals surface area (Å²) in [6, 6.07) is 22.4. The number of amides is 2. The van der Waals surface area contributed by atoms with Gasteiger partial charge in [0.25, 0.3) is 22.9 Å². The lowest BCUT2D eigenvalue weighted by atomic mass is 10.1. The number of rotatable bonds is 22. The molecule has 0 saturated heterocycles. The summed E-state index contributed by atoms with van der Waals surface area (Å²) in [7, 11) is -3.93. The van der Waals surface area contributed by atoms with Gasteiger partial charge in [-0.2, -0.15) is 26.3 Å². The van der Waals surface area contributed by atoms with Crippen molar-refractivity contribution >= 4 is 50.7 Å². The SMILES string of the molecule is Cc1c(S(=O)c2ccc(N)cc2)cc(C(=O)NCCOCCCN=C(N)NCCCOCCNC(=O)c2cc(S(=O)c3ccc(N)cc3)c(C)n(-c3cccc(C(F)(F)F)c3)c2=O)c(=O)n1-c1cccc(C(F)(F)F)c1. The standard InChI is InChI=1S/C51H53F6N9O8S2/c1-31-43(75(71)39-15-11-35(58)12-16-39)29-41(47(69)65(31)37-9-3-7-33(27-37)50(52,53)54)45(67)61-21-25-73-23-5-19-63-49(60)64-20-6-24-74-26-22-62-46(68)42-30-44(76(72)40-17-13-36(59)14-18-40)32(2)66(48(42)70)38-10-4-8-34(28-38)51(55,56)57/h3-4,7-18,27-30H,5-6,19-26,58-59H2,1-2H3,(H,61,67)(H,62,68)(H3,60,63,64). The van der Waals surface area contributed by atoms with E-state index in [1.165, 1.54) is 74.5 Å². The molecule has 0 radical (unpaired) electrons. The number of halogens is 6. The Kier molecular flexibility index (Phi) is 19.5.